The molecule has 1 heterocycles. The highest BCUT2D eigenvalue weighted by Crippen LogP contribution is 2.38. The summed E-state index contributed by atoms with van der Waals surface area (Å²) in [5, 5.41) is 9.38. The first kappa shape index (κ1) is 25.9. The van der Waals surface area contributed by atoms with E-state index >= 15 is 0 Å². The smallest absolute Gasteiger partial charge is 0.320 e. The number of benzene rings is 3. The predicted molar refractivity (Wildman–Crippen MR) is 134 cm³/mol. The van der Waals surface area contributed by atoms with E-state index in [1.807, 2.05) is 53.4 Å². The van der Waals surface area contributed by atoms with Crippen molar-refractivity contribution in [3.05, 3.63) is 72.5 Å². The first-order valence-electron chi connectivity index (χ1n) is 10.8. The number of likely N-dealkylation sites (tertiary alicyclic amines) is 1. The van der Waals surface area contributed by atoms with Crippen LogP contribution >= 0.6 is 24.2 Å². The Morgan fingerprint density at radius 1 is 1.12 bits per heavy atom. The second-order valence-corrected chi connectivity index (χ2v) is 8.95. The molecule has 1 aliphatic heterocycles. The summed E-state index contributed by atoms with van der Waals surface area (Å²) in [5.74, 6) is 0.406. The van der Waals surface area contributed by atoms with Crippen LogP contribution in [-0.4, -0.2) is 48.8 Å². The van der Waals surface area contributed by atoms with Crippen molar-refractivity contribution < 1.29 is 23.8 Å². The molecule has 1 saturated heterocycles. The molecule has 0 aromatic heterocycles. The molecule has 1 N–H and O–H groups in total. The van der Waals surface area contributed by atoms with Crippen molar-refractivity contribution in [3.8, 4) is 22.6 Å². The van der Waals surface area contributed by atoms with Gasteiger partial charge in [0.15, 0.2) is 0 Å². The van der Waals surface area contributed by atoms with Crippen LogP contribution in [0.4, 0.5) is 4.39 Å². The lowest BCUT2D eigenvalue weighted by molar-refractivity contribution is -0.142. The second kappa shape index (κ2) is 12.1. The van der Waals surface area contributed by atoms with Crippen molar-refractivity contribution in [2.75, 3.05) is 26.8 Å². The average molecular weight is 504 g/mol. The van der Waals surface area contributed by atoms with Gasteiger partial charge in [0.2, 0.25) is 0 Å². The molecule has 0 aliphatic carbocycles. The fourth-order valence-electron chi connectivity index (χ4n) is 3.97. The highest BCUT2D eigenvalue weighted by Gasteiger charge is 2.30. The van der Waals surface area contributed by atoms with E-state index in [0.29, 0.717) is 25.3 Å². The van der Waals surface area contributed by atoms with Crippen LogP contribution in [0.2, 0.25) is 0 Å². The first-order valence-corrected chi connectivity index (χ1v) is 11.7. The van der Waals surface area contributed by atoms with Crippen LogP contribution in [0.25, 0.3) is 11.1 Å². The van der Waals surface area contributed by atoms with Crippen molar-refractivity contribution in [2.45, 2.75) is 28.7 Å². The van der Waals surface area contributed by atoms with E-state index in [1.165, 1.54) is 23.9 Å². The Labute approximate surface area is 209 Å². The van der Waals surface area contributed by atoms with Crippen molar-refractivity contribution >= 4 is 30.1 Å². The normalized spacial score (nSPS) is 15.5. The Balaban J connectivity index is 0.00000324. The van der Waals surface area contributed by atoms with Crippen molar-refractivity contribution in [2.24, 2.45) is 0 Å². The number of hydrogen-bond acceptors (Lipinski definition) is 5. The average Bonchev–Trinajstić information content (AvgIpc) is 3.29. The van der Waals surface area contributed by atoms with Gasteiger partial charge in [-0.25, -0.2) is 4.39 Å². The molecule has 3 aromatic rings. The number of aliphatic carboxylic acids is 1. The molecule has 1 atom stereocenters. The first-order chi connectivity index (χ1) is 16.0. The standard InChI is InChI=1S/C26H26FNO4S.ClH/c1-31-21-10-7-18(8-11-21)19-9-12-24(25(16-19)33-22-5-2-4-20(27)17-22)32-15-14-28-13-3-6-23(28)26(29)30;/h2,4-5,7-12,16-17,23H,3,6,13-15H2,1H3,(H,29,30);1H. The van der Waals surface area contributed by atoms with Gasteiger partial charge in [0.05, 0.1) is 12.0 Å². The van der Waals surface area contributed by atoms with Gasteiger partial charge in [-0.2, -0.15) is 0 Å². The second-order valence-electron chi connectivity index (χ2n) is 7.83. The maximum atomic E-state index is 13.8. The van der Waals surface area contributed by atoms with Gasteiger partial charge in [0, 0.05) is 11.4 Å². The molecule has 5 nitrogen and oxygen atoms in total. The van der Waals surface area contributed by atoms with Crippen LogP contribution in [0.5, 0.6) is 11.5 Å². The van der Waals surface area contributed by atoms with E-state index in [1.54, 1.807) is 13.2 Å². The Kier molecular flexibility index (Phi) is 9.21. The lowest BCUT2D eigenvalue weighted by Crippen LogP contribution is -2.38. The maximum Gasteiger partial charge on any atom is 0.320 e. The third kappa shape index (κ3) is 6.44. The molecule has 0 amide bonds. The van der Waals surface area contributed by atoms with Gasteiger partial charge in [-0.3, -0.25) is 9.69 Å². The highest BCUT2D eigenvalue weighted by molar-refractivity contribution is 7.99. The minimum Gasteiger partial charge on any atom is -0.497 e. The molecule has 8 heteroatoms. The fourth-order valence-corrected chi connectivity index (χ4v) is 4.96. The molecule has 1 aliphatic rings. The summed E-state index contributed by atoms with van der Waals surface area (Å²) in [6.07, 6.45) is 1.56. The molecule has 3 aromatic carbocycles. The summed E-state index contributed by atoms with van der Waals surface area (Å²) in [4.78, 5) is 15.0. The number of hydrogen-bond donors (Lipinski definition) is 1. The van der Waals surface area contributed by atoms with Crippen LogP contribution < -0.4 is 9.47 Å². The van der Waals surface area contributed by atoms with Gasteiger partial charge in [-0.1, -0.05) is 36.0 Å². The number of methoxy groups -OCH3 is 1. The van der Waals surface area contributed by atoms with E-state index in [0.717, 1.165) is 39.6 Å². The zero-order chi connectivity index (χ0) is 23.2. The zero-order valence-electron chi connectivity index (χ0n) is 18.8. The third-order valence-corrected chi connectivity index (χ3v) is 6.70. The number of carboxylic acid groups (broad SMARTS) is 1. The van der Waals surface area contributed by atoms with Crippen LogP contribution in [0.3, 0.4) is 0 Å². The Morgan fingerprint density at radius 3 is 2.59 bits per heavy atom. The molecule has 0 radical (unpaired) electrons. The lowest BCUT2D eigenvalue weighted by Gasteiger charge is -2.21. The monoisotopic (exact) mass is 503 g/mol. The minimum atomic E-state index is -0.779. The fraction of sp³-hybridized carbons (Fsp3) is 0.269. The van der Waals surface area contributed by atoms with E-state index in [4.69, 9.17) is 9.47 Å². The molecule has 0 spiro atoms. The molecule has 0 saturated carbocycles. The SMILES string of the molecule is COc1ccc(-c2ccc(OCCN3CCCC3C(=O)O)c(Sc3cccc(F)c3)c2)cc1.Cl. The van der Waals surface area contributed by atoms with E-state index < -0.39 is 12.0 Å². The van der Waals surface area contributed by atoms with Crippen LogP contribution in [-0.2, 0) is 4.79 Å². The molecular formula is C26H27ClFNO4S. The van der Waals surface area contributed by atoms with E-state index in [9.17, 15) is 14.3 Å². The minimum absolute atomic E-state index is 0. The van der Waals surface area contributed by atoms with E-state index in [-0.39, 0.29) is 18.2 Å². The number of ether oxygens (including phenoxy) is 2. The van der Waals surface area contributed by atoms with Crippen molar-refractivity contribution in [1.29, 1.82) is 0 Å². The van der Waals surface area contributed by atoms with Gasteiger partial charge >= 0.3 is 5.97 Å². The summed E-state index contributed by atoms with van der Waals surface area (Å²) >= 11 is 1.44. The summed E-state index contributed by atoms with van der Waals surface area (Å²) < 4.78 is 25.1. The van der Waals surface area contributed by atoms with Crippen LogP contribution in [0.1, 0.15) is 12.8 Å². The molecule has 4 rings (SSSR count). The van der Waals surface area contributed by atoms with Crippen LogP contribution in [0, 0.1) is 5.82 Å². The zero-order valence-corrected chi connectivity index (χ0v) is 20.4. The Bertz CT molecular complexity index is 1110. The van der Waals surface area contributed by atoms with E-state index in [2.05, 4.69) is 0 Å². The van der Waals surface area contributed by atoms with Gasteiger partial charge in [0.1, 0.15) is 30.0 Å². The number of nitrogens with zero attached hydrogens (tertiary/aromatic N) is 1. The van der Waals surface area contributed by atoms with Crippen LogP contribution in [0.15, 0.2) is 76.5 Å². The maximum absolute atomic E-state index is 13.8. The predicted octanol–water partition coefficient (Wildman–Crippen LogP) is 6.00. The number of carboxylic acids is 1. The largest absolute Gasteiger partial charge is 0.497 e. The molecule has 34 heavy (non-hydrogen) atoms. The van der Waals surface area contributed by atoms with Gasteiger partial charge in [-0.05, 0) is 73.0 Å². The summed E-state index contributed by atoms with van der Waals surface area (Å²) in [5.41, 5.74) is 2.04. The van der Waals surface area contributed by atoms with Gasteiger partial charge in [-0.15, -0.1) is 12.4 Å². The highest BCUT2D eigenvalue weighted by atomic mass is 35.5. The molecular weight excluding hydrogens is 477 g/mol. The lowest BCUT2D eigenvalue weighted by atomic mass is 10.1. The summed E-state index contributed by atoms with van der Waals surface area (Å²) in [6.45, 7) is 1.69. The number of halogens is 2. The molecule has 1 unspecified atom stereocenters. The summed E-state index contributed by atoms with van der Waals surface area (Å²) in [6, 6.07) is 19.8. The third-order valence-electron chi connectivity index (χ3n) is 5.68. The molecule has 180 valence electrons. The summed E-state index contributed by atoms with van der Waals surface area (Å²) in [7, 11) is 1.63. The van der Waals surface area contributed by atoms with Gasteiger partial charge < -0.3 is 14.6 Å². The van der Waals surface area contributed by atoms with Crippen molar-refractivity contribution in [3.63, 3.8) is 0 Å². The van der Waals surface area contributed by atoms with Gasteiger partial charge in [0.25, 0.3) is 0 Å². The topological polar surface area (TPSA) is 59.0 Å². The quantitative estimate of drug-likeness (QED) is 0.386. The van der Waals surface area contributed by atoms with Crippen molar-refractivity contribution in [1.82, 2.24) is 4.90 Å². The molecule has 1 fully saturated rings. The number of carbonyl (C=O) groups is 1. The number of rotatable bonds is 9. The molecule has 0 bridgehead atoms. The Hall–Kier alpha value is -2.74. The Morgan fingerprint density at radius 2 is 1.88 bits per heavy atom.